The first-order valence-corrected chi connectivity index (χ1v) is 7.34. The molecule has 3 aromatic rings. The third kappa shape index (κ3) is 3.23. The number of nitrogens with one attached hydrogen (secondary N) is 1. The SMILES string of the molecule is C[C@H]([C@@H](C)NCc1noc(-c2ccccc2)n1)n1cccn1. The van der Waals surface area contributed by atoms with E-state index in [1.165, 1.54) is 0 Å². The fourth-order valence-electron chi connectivity index (χ4n) is 2.20. The summed E-state index contributed by atoms with van der Waals surface area (Å²) in [5.74, 6) is 1.20. The number of rotatable bonds is 6. The zero-order chi connectivity index (χ0) is 15.4. The van der Waals surface area contributed by atoms with Gasteiger partial charge in [0.1, 0.15) is 0 Å². The smallest absolute Gasteiger partial charge is 0.257 e. The maximum atomic E-state index is 5.30. The van der Waals surface area contributed by atoms with Crippen molar-refractivity contribution in [3.8, 4) is 11.5 Å². The van der Waals surface area contributed by atoms with Crippen molar-refractivity contribution in [3.05, 3.63) is 54.6 Å². The maximum absolute atomic E-state index is 5.30. The zero-order valence-electron chi connectivity index (χ0n) is 12.7. The molecule has 1 N–H and O–H groups in total. The third-order valence-electron chi connectivity index (χ3n) is 3.74. The van der Waals surface area contributed by atoms with Gasteiger partial charge in [-0.15, -0.1) is 0 Å². The van der Waals surface area contributed by atoms with Crippen LogP contribution in [0.15, 0.2) is 53.3 Å². The van der Waals surface area contributed by atoms with E-state index in [4.69, 9.17) is 4.52 Å². The van der Waals surface area contributed by atoms with Gasteiger partial charge >= 0.3 is 0 Å². The predicted molar refractivity (Wildman–Crippen MR) is 83.0 cm³/mol. The highest BCUT2D eigenvalue weighted by Crippen LogP contribution is 2.16. The van der Waals surface area contributed by atoms with Gasteiger partial charge in [0, 0.05) is 24.0 Å². The van der Waals surface area contributed by atoms with Crippen molar-refractivity contribution in [2.45, 2.75) is 32.5 Å². The minimum atomic E-state index is 0.235. The molecule has 2 aromatic heterocycles. The van der Waals surface area contributed by atoms with Crippen LogP contribution in [0.2, 0.25) is 0 Å². The van der Waals surface area contributed by atoms with Crippen LogP contribution in [0.1, 0.15) is 25.7 Å². The molecule has 0 unspecified atom stereocenters. The summed E-state index contributed by atoms with van der Waals surface area (Å²) in [7, 11) is 0. The first-order valence-electron chi connectivity index (χ1n) is 7.34. The highest BCUT2D eigenvalue weighted by Gasteiger charge is 2.15. The molecule has 0 aliphatic heterocycles. The van der Waals surface area contributed by atoms with Crippen LogP contribution >= 0.6 is 0 Å². The van der Waals surface area contributed by atoms with Gasteiger partial charge in [0.2, 0.25) is 0 Å². The molecule has 0 amide bonds. The average molecular weight is 297 g/mol. The van der Waals surface area contributed by atoms with Crippen LogP contribution in [0.4, 0.5) is 0 Å². The molecular weight excluding hydrogens is 278 g/mol. The van der Waals surface area contributed by atoms with E-state index in [0.717, 1.165) is 5.56 Å². The molecule has 0 saturated heterocycles. The quantitative estimate of drug-likeness (QED) is 0.757. The van der Waals surface area contributed by atoms with Crippen molar-refractivity contribution < 1.29 is 4.52 Å². The number of aromatic nitrogens is 4. The van der Waals surface area contributed by atoms with Crippen molar-refractivity contribution in [1.29, 1.82) is 0 Å². The molecule has 0 fully saturated rings. The van der Waals surface area contributed by atoms with E-state index in [1.54, 1.807) is 6.20 Å². The fourth-order valence-corrected chi connectivity index (χ4v) is 2.20. The van der Waals surface area contributed by atoms with Crippen molar-refractivity contribution in [2.24, 2.45) is 0 Å². The molecular formula is C16H19N5O. The Hall–Kier alpha value is -2.47. The second kappa shape index (κ2) is 6.53. The Morgan fingerprint density at radius 1 is 1.18 bits per heavy atom. The molecule has 6 nitrogen and oxygen atoms in total. The van der Waals surface area contributed by atoms with Gasteiger partial charge in [-0.05, 0) is 32.0 Å². The van der Waals surface area contributed by atoms with E-state index in [0.29, 0.717) is 18.3 Å². The second-order valence-corrected chi connectivity index (χ2v) is 5.28. The number of benzene rings is 1. The Labute approximate surface area is 129 Å². The lowest BCUT2D eigenvalue weighted by atomic mass is 10.2. The van der Waals surface area contributed by atoms with Crippen LogP contribution in [-0.2, 0) is 6.54 Å². The highest BCUT2D eigenvalue weighted by atomic mass is 16.5. The van der Waals surface area contributed by atoms with Gasteiger partial charge < -0.3 is 9.84 Å². The second-order valence-electron chi connectivity index (χ2n) is 5.28. The van der Waals surface area contributed by atoms with Crippen molar-refractivity contribution in [1.82, 2.24) is 25.2 Å². The van der Waals surface area contributed by atoms with E-state index in [9.17, 15) is 0 Å². The Bertz CT molecular complexity index is 692. The Morgan fingerprint density at radius 3 is 2.73 bits per heavy atom. The van der Waals surface area contributed by atoms with Crippen LogP contribution < -0.4 is 5.32 Å². The van der Waals surface area contributed by atoms with E-state index in [1.807, 2.05) is 47.3 Å². The van der Waals surface area contributed by atoms with E-state index in [2.05, 4.69) is 34.4 Å². The first-order chi connectivity index (χ1) is 10.7. The summed E-state index contributed by atoms with van der Waals surface area (Å²) < 4.78 is 7.23. The van der Waals surface area contributed by atoms with Crippen LogP contribution in [0.5, 0.6) is 0 Å². The monoisotopic (exact) mass is 297 g/mol. The molecule has 1 aromatic carbocycles. The van der Waals surface area contributed by atoms with Crippen LogP contribution in [0, 0.1) is 0 Å². The lowest BCUT2D eigenvalue weighted by Gasteiger charge is -2.20. The minimum Gasteiger partial charge on any atom is -0.334 e. The molecule has 114 valence electrons. The highest BCUT2D eigenvalue weighted by molar-refractivity contribution is 5.51. The first kappa shape index (κ1) is 14.5. The number of nitrogens with zero attached hydrogens (tertiary/aromatic N) is 4. The van der Waals surface area contributed by atoms with Crippen LogP contribution in [-0.4, -0.2) is 26.0 Å². The topological polar surface area (TPSA) is 68.8 Å². The third-order valence-corrected chi connectivity index (χ3v) is 3.74. The lowest BCUT2D eigenvalue weighted by Crippen LogP contribution is -2.33. The minimum absolute atomic E-state index is 0.235. The van der Waals surface area contributed by atoms with Crippen LogP contribution in [0.3, 0.4) is 0 Å². The van der Waals surface area contributed by atoms with Gasteiger partial charge in [0.05, 0.1) is 12.6 Å². The van der Waals surface area contributed by atoms with Crippen LogP contribution in [0.25, 0.3) is 11.5 Å². The van der Waals surface area contributed by atoms with Gasteiger partial charge in [-0.2, -0.15) is 10.1 Å². The largest absolute Gasteiger partial charge is 0.334 e. The number of hydrogen-bond donors (Lipinski definition) is 1. The molecule has 0 bridgehead atoms. The summed E-state index contributed by atoms with van der Waals surface area (Å²) in [5, 5.41) is 11.7. The number of hydrogen-bond acceptors (Lipinski definition) is 5. The summed E-state index contributed by atoms with van der Waals surface area (Å²) in [4.78, 5) is 4.41. The van der Waals surface area contributed by atoms with E-state index < -0.39 is 0 Å². The molecule has 0 saturated carbocycles. The Balaban J connectivity index is 1.59. The van der Waals surface area contributed by atoms with Gasteiger partial charge in [0.15, 0.2) is 5.82 Å². The molecule has 22 heavy (non-hydrogen) atoms. The molecule has 3 rings (SSSR count). The van der Waals surface area contributed by atoms with Gasteiger partial charge in [-0.25, -0.2) is 0 Å². The van der Waals surface area contributed by atoms with Crippen molar-refractivity contribution in [2.75, 3.05) is 0 Å². The molecule has 6 heteroatoms. The van der Waals surface area contributed by atoms with E-state index >= 15 is 0 Å². The molecule has 0 aliphatic rings. The molecule has 0 aliphatic carbocycles. The van der Waals surface area contributed by atoms with Gasteiger partial charge in [0.25, 0.3) is 5.89 Å². The summed E-state index contributed by atoms with van der Waals surface area (Å²) >= 11 is 0. The fraction of sp³-hybridized carbons (Fsp3) is 0.312. The van der Waals surface area contributed by atoms with Crippen molar-refractivity contribution in [3.63, 3.8) is 0 Å². The maximum Gasteiger partial charge on any atom is 0.257 e. The summed E-state index contributed by atoms with van der Waals surface area (Å²) in [6.07, 6.45) is 3.75. The summed E-state index contributed by atoms with van der Waals surface area (Å²) in [6, 6.07) is 12.2. The molecule has 2 heterocycles. The van der Waals surface area contributed by atoms with Gasteiger partial charge in [-0.3, -0.25) is 4.68 Å². The normalized spacial score (nSPS) is 13.9. The predicted octanol–water partition coefficient (Wildman–Crippen LogP) is 2.67. The molecule has 0 radical (unpaired) electrons. The molecule has 2 atom stereocenters. The van der Waals surface area contributed by atoms with Crippen molar-refractivity contribution >= 4 is 0 Å². The average Bonchev–Trinajstić information content (AvgIpc) is 3.24. The van der Waals surface area contributed by atoms with E-state index in [-0.39, 0.29) is 12.1 Å². The Morgan fingerprint density at radius 2 is 2.00 bits per heavy atom. The standard InChI is InChI=1S/C16H19N5O/c1-12(13(2)21-10-6-9-18-21)17-11-15-19-16(22-20-15)14-7-4-3-5-8-14/h3-10,12-13,17H,11H2,1-2H3/t12-,13-/m1/s1. The zero-order valence-corrected chi connectivity index (χ0v) is 12.7. The Kier molecular flexibility index (Phi) is 4.29. The van der Waals surface area contributed by atoms with Gasteiger partial charge in [-0.1, -0.05) is 23.4 Å². The summed E-state index contributed by atoms with van der Waals surface area (Å²) in [5.41, 5.74) is 0.930. The molecule has 0 spiro atoms. The summed E-state index contributed by atoms with van der Waals surface area (Å²) in [6.45, 7) is 4.80. The lowest BCUT2D eigenvalue weighted by molar-refractivity contribution is 0.357.